The summed E-state index contributed by atoms with van der Waals surface area (Å²) in [6.07, 6.45) is 5.10. The minimum Gasteiger partial charge on any atom is -0.326 e. The van der Waals surface area contributed by atoms with Crippen molar-refractivity contribution < 1.29 is 9.59 Å². The minimum atomic E-state index is -0.277. The van der Waals surface area contributed by atoms with Crippen molar-refractivity contribution in [1.82, 2.24) is 14.9 Å². The van der Waals surface area contributed by atoms with Gasteiger partial charge in [-0.1, -0.05) is 15.9 Å². The lowest BCUT2D eigenvalue weighted by Gasteiger charge is -2.39. The number of nitrogens with one attached hydrogen (secondary N) is 1. The van der Waals surface area contributed by atoms with Gasteiger partial charge >= 0.3 is 0 Å². The summed E-state index contributed by atoms with van der Waals surface area (Å²) in [5.41, 5.74) is 2.71. The molecule has 2 aliphatic heterocycles. The van der Waals surface area contributed by atoms with E-state index in [1.807, 2.05) is 25.1 Å². The number of aromatic nitrogens is 2. The van der Waals surface area contributed by atoms with Crippen LogP contribution < -0.4 is 5.32 Å². The second-order valence-electron chi connectivity index (χ2n) is 6.62. The van der Waals surface area contributed by atoms with E-state index in [9.17, 15) is 9.59 Å². The third-order valence-corrected chi connectivity index (χ3v) is 5.34. The third kappa shape index (κ3) is 3.04. The van der Waals surface area contributed by atoms with E-state index in [2.05, 4.69) is 31.2 Å². The topological polar surface area (TPSA) is 75.2 Å². The number of rotatable bonds is 3. The Labute approximate surface area is 153 Å². The number of benzene rings is 1. The number of aryl methyl sites for hydroxylation is 1. The molecule has 0 saturated heterocycles. The summed E-state index contributed by atoms with van der Waals surface area (Å²) in [5, 5.41) is 2.67. The lowest BCUT2D eigenvalue weighted by Crippen LogP contribution is -2.47. The zero-order valence-electron chi connectivity index (χ0n) is 13.7. The monoisotopic (exact) mass is 400 g/mol. The van der Waals surface area contributed by atoms with E-state index in [0.717, 1.165) is 28.4 Å². The summed E-state index contributed by atoms with van der Waals surface area (Å²) in [6, 6.07) is 5.86. The van der Waals surface area contributed by atoms with E-state index >= 15 is 0 Å². The number of hydrogen-bond acceptors (Lipinski definition) is 4. The van der Waals surface area contributed by atoms with Crippen molar-refractivity contribution in [3.8, 4) is 0 Å². The number of fused-ring (bicyclic) bond motifs is 1. The second-order valence-corrected chi connectivity index (χ2v) is 7.53. The van der Waals surface area contributed by atoms with Gasteiger partial charge in [-0.15, -0.1) is 0 Å². The van der Waals surface area contributed by atoms with Crippen LogP contribution in [0.25, 0.3) is 0 Å². The van der Waals surface area contributed by atoms with E-state index in [-0.39, 0.29) is 30.3 Å². The molecule has 1 aromatic carbocycles. The maximum atomic E-state index is 12.9. The molecule has 25 heavy (non-hydrogen) atoms. The van der Waals surface area contributed by atoms with Crippen LogP contribution in [0.4, 0.5) is 5.95 Å². The number of halogens is 1. The van der Waals surface area contributed by atoms with Crippen LogP contribution in [0.1, 0.15) is 40.2 Å². The Hall–Kier alpha value is -2.28. The van der Waals surface area contributed by atoms with E-state index in [1.165, 1.54) is 0 Å². The molecule has 2 amide bonds. The van der Waals surface area contributed by atoms with Gasteiger partial charge in [0, 0.05) is 28.5 Å². The van der Waals surface area contributed by atoms with Gasteiger partial charge in [0.15, 0.2) is 0 Å². The summed E-state index contributed by atoms with van der Waals surface area (Å²) in [6.45, 7) is 1.90. The highest BCUT2D eigenvalue weighted by atomic mass is 79.9. The van der Waals surface area contributed by atoms with Crippen molar-refractivity contribution >= 4 is 33.7 Å². The zero-order chi connectivity index (χ0) is 17.6. The van der Waals surface area contributed by atoms with Crippen LogP contribution >= 0.6 is 15.9 Å². The number of nitrogens with zero attached hydrogens (tertiary/aromatic N) is 3. The molecule has 128 valence electrons. The Bertz CT molecular complexity index is 847. The largest absolute Gasteiger partial charge is 0.326 e. The smallest absolute Gasteiger partial charge is 0.254 e. The first-order valence-corrected chi connectivity index (χ1v) is 8.99. The molecular formula is C18H17BrN4O2. The molecule has 1 fully saturated rings. The van der Waals surface area contributed by atoms with Crippen molar-refractivity contribution in [3.05, 3.63) is 51.8 Å². The molecule has 5 rings (SSSR count). The third-order valence-electron chi connectivity index (χ3n) is 4.84. The Morgan fingerprint density at radius 1 is 1.32 bits per heavy atom. The average Bonchev–Trinajstić information content (AvgIpc) is 2.71. The van der Waals surface area contributed by atoms with Crippen LogP contribution in [0.15, 0.2) is 35.1 Å². The first-order chi connectivity index (χ1) is 12.0. The fourth-order valence-corrected chi connectivity index (χ4v) is 3.84. The van der Waals surface area contributed by atoms with E-state index in [1.54, 1.807) is 17.3 Å². The maximum Gasteiger partial charge on any atom is 0.254 e. The highest BCUT2D eigenvalue weighted by Crippen LogP contribution is 2.45. The van der Waals surface area contributed by atoms with Crippen molar-refractivity contribution in [1.29, 1.82) is 0 Å². The predicted molar refractivity (Wildman–Crippen MR) is 96.3 cm³/mol. The quantitative estimate of drug-likeness (QED) is 0.859. The fraction of sp³-hybridized carbons (Fsp3) is 0.333. The molecule has 0 radical (unpaired) electrons. The van der Waals surface area contributed by atoms with Gasteiger partial charge < -0.3 is 4.90 Å². The van der Waals surface area contributed by atoms with Crippen LogP contribution in [0.2, 0.25) is 0 Å². The number of anilines is 1. The van der Waals surface area contributed by atoms with E-state index in [4.69, 9.17) is 0 Å². The van der Waals surface area contributed by atoms with Crippen molar-refractivity contribution in [2.45, 2.75) is 31.7 Å². The second kappa shape index (κ2) is 6.22. The lowest BCUT2D eigenvalue weighted by molar-refractivity contribution is -0.117. The SMILES string of the molecule is Cc1cnc(NC(=O)CN2C(=O)c3ccc(Br)cc3C3CC2C3)nc1. The molecule has 3 aliphatic rings. The predicted octanol–water partition coefficient (Wildman–Crippen LogP) is 2.89. The van der Waals surface area contributed by atoms with Crippen molar-refractivity contribution in [2.75, 3.05) is 11.9 Å². The Kier molecular flexibility index (Phi) is 4.03. The highest BCUT2D eigenvalue weighted by Gasteiger charge is 2.43. The summed E-state index contributed by atoms with van der Waals surface area (Å²) in [4.78, 5) is 35.1. The van der Waals surface area contributed by atoms with E-state index in [0.29, 0.717) is 11.5 Å². The van der Waals surface area contributed by atoms with Crippen LogP contribution in [0.5, 0.6) is 0 Å². The fourth-order valence-electron chi connectivity index (χ4n) is 3.46. The Morgan fingerprint density at radius 2 is 2.04 bits per heavy atom. The Balaban J connectivity index is 1.52. The van der Waals surface area contributed by atoms with Gasteiger partial charge in [-0.05, 0) is 55.0 Å². The molecule has 1 saturated carbocycles. The summed E-state index contributed by atoms with van der Waals surface area (Å²) in [7, 11) is 0. The van der Waals surface area contributed by atoms with Crippen molar-refractivity contribution in [3.63, 3.8) is 0 Å². The molecule has 1 aliphatic carbocycles. The van der Waals surface area contributed by atoms with Gasteiger partial charge in [0.2, 0.25) is 11.9 Å². The molecule has 3 heterocycles. The van der Waals surface area contributed by atoms with Gasteiger partial charge in [-0.25, -0.2) is 9.97 Å². The number of hydrogen-bond donors (Lipinski definition) is 1. The zero-order valence-corrected chi connectivity index (χ0v) is 15.3. The number of carbonyl (C=O) groups excluding carboxylic acids is 2. The summed E-state index contributed by atoms with van der Waals surface area (Å²) in [5.74, 6) is 0.303. The normalized spacial score (nSPS) is 21.2. The molecule has 0 atom stereocenters. The first-order valence-electron chi connectivity index (χ1n) is 8.20. The van der Waals surface area contributed by atoms with Gasteiger partial charge in [-0.2, -0.15) is 0 Å². The van der Waals surface area contributed by atoms with Gasteiger partial charge in [0.1, 0.15) is 6.54 Å². The number of amides is 2. The summed E-state index contributed by atoms with van der Waals surface area (Å²) < 4.78 is 0.977. The van der Waals surface area contributed by atoms with Crippen LogP contribution in [-0.4, -0.2) is 39.3 Å². The molecule has 2 aromatic rings. The Morgan fingerprint density at radius 3 is 2.76 bits per heavy atom. The minimum absolute atomic E-state index is 0.0168. The van der Waals surface area contributed by atoms with Gasteiger partial charge in [-0.3, -0.25) is 14.9 Å². The van der Waals surface area contributed by atoms with Crippen LogP contribution in [-0.2, 0) is 4.79 Å². The number of carbonyl (C=O) groups is 2. The van der Waals surface area contributed by atoms with Crippen LogP contribution in [0.3, 0.4) is 0 Å². The van der Waals surface area contributed by atoms with Gasteiger partial charge in [0.25, 0.3) is 5.91 Å². The lowest BCUT2D eigenvalue weighted by atomic mass is 9.76. The maximum absolute atomic E-state index is 12.9. The standard InChI is InChI=1S/C18H17BrN4O2/c1-10-7-20-18(21-8-10)22-16(24)9-23-13-4-11(5-13)15-6-12(19)2-3-14(15)17(23)25/h2-3,6-8,11,13H,4-5,9H2,1H3,(H,20,21,22,24). The average molecular weight is 401 g/mol. The van der Waals surface area contributed by atoms with Crippen LogP contribution in [0, 0.1) is 6.92 Å². The van der Waals surface area contributed by atoms with Gasteiger partial charge in [0.05, 0.1) is 0 Å². The molecular weight excluding hydrogens is 384 g/mol. The molecule has 1 N–H and O–H groups in total. The summed E-state index contributed by atoms with van der Waals surface area (Å²) >= 11 is 3.48. The molecule has 0 unspecified atom stereocenters. The molecule has 2 bridgehead atoms. The van der Waals surface area contributed by atoms with E-state index < -0.39 is 0 Å². The highest BCUT2D eigenvalue weighted by molar-refractivity contribution is 9.10. The molecule has 0 spiro atoms. The molecule has 7 heteroatoms. The molecule has 1 aromatic heterocycles. The molecule has 6 nitrogen and oxygen atoms in total. The first kappa shape index (κ1) is 16.2. The van der Waals surface area contributed by atoms with Crippen molar-refractivity contribution in [2.24, 2.45) is 0 Å².